The molecule has 1 aliphatic heterocycles. The number of benzene rings is 3. The predicted molar refractivity (Wildman–Crippen MR) is 152 cm³/mol. The van der Waals surface area contributed by atoms with Crippen LogP contribution >= 0.6 is 35.0 Å². The summed E-state index contributed by atoms with van der Waals surface area (Å²) in [7, 11) is 3.22. The van der Waals surface area contributed by atoms with E-state index in [4.69, 9.17) is 37.4 Å². The number of hydrogen-bond acceptors (Lipinski definition) is 7. The van der Waals surface area contributed by atoms with Crippen LogP contribution in [0.4, 0.5) is 5.69 Å². The van der Waals surface area contributed by atoms with Gasteiger partial charge in [0.15, 0.2) is 16.7 Å². The summed E-state index contributed by atoms with van der Waals surface area (Å²) < 4.78 is 16.4. The first-order valence-corrected chi connectivity index (χ1v) is 13.1. The van der Waals surface area contributed by atoms with E-state index < -0.39 is 0 Å². The zero-order valence-electron chi connectivity index (χ0n) is 20.9. The topological polar surface area (TPSA) is 77.4 Å². The lowest BCUT2D eigenvalue weighted by molar-refractivity contribution is -0.121. The van der Waals surface area contributed by atoms with Crippen LogP contribution in [-0.4, -0.2) is 42.7 Å². The van der Waals surface area contributed by atoms with E-state index in [1.807, 2.05) is 12.1 Å². The first-order valence-electron chi connectivity index (χ1n) is 11.6. The van der Waals surface area contributed by atoms with Crippen LogP contribution in [0.3, 0.4) is 0 Å². The zero-order valence-corrected chi connectivity index (χ0v) is 23.2. The van der Waals surface area contributed by atoms with Crippen LogP contribution in [-0.2, 0) is 16.1 Å². The van der Waals surface area contributed by atoms with Crippen molar-refractivity contribution >= 4 is 63.8 Å². The Morgan fingerprint density at radius 1 is 1.05 bits per heavy atom. The molecule has 0 bridgehead atoms. The van der Waals surface area contributed by atoms with Crippen LogP contribution in [0.5, 0.6) is 11.5 Å². The molecule has 1 saturated heterocycles. The van der Waals surface area contributed by atoms with Crippen LogP contribution in [0.15, 0.2) is 70.6 Å². The second-order valence-corrected chi connectivity index (χ2v) is 9.92. The maximum atomic E-state index is 12.9. The molecule has 4 rings (SSSR count). The van der Waals surface area contributed by atoms with Crippen LogP contribution in [0, 0.1) is 0 Å². The smallest absolute Gasteiger partial charge is 0.338 e. The highest BCUT2D eigenvalue weighted by atomic mass is 35.5. The minimum atomic E-state index is -0.389. The van der Waals surface area contributed by atoms with Crippen LogP contribution in [0.1, 0.15) is 28.4 Å². The molecule has 0 saturated carbocycles. The fraction of sp³-hybridized carbons (Fsp3) is 0.179. The molecular weight excluding hydrogens is 547 g/mol. The number of amidine groups is 1. The lowest BCUT2D eigenvalue weighted by atomic mass is 10.2. The van der Waals surface area contributed by atoms with Gasteiger partial charge in [-0.25, -0.2) is 9.79 Å². The Balaban J connectivity index is 1.49. The summed E-state index contributed by atoms with van der Waals surface area (Å²) in [5, 5.41) is 1.60. The molecule has 1 aliphatic rings. The van der Waals surface area contributed by atoms with E-state index in [1.54, 1.807) is 75.7 Å². The molecule has 1 fully saturated rings. The van der Waals surface area contributed by atoms with Crippen LogP contribution < -0.4 is 9.47 Å². The molecule has 3 aromatic rings. The predicted octanol–water partition coefficient (Wildman–Crippen LogP) is 6.99. The maximum Gasteiger partial charge on any atom is 0.338 e. The van der Waals surface area contributed by atoms with Gasteiger partial charge in [-0.1, -0.05) is 35.3 Å². The van der Waals surface area contributed by atoms with Crippen molar-refractivity contribution in [3.05, 3.63) is 92.3 Å². The van der Waals surface area contributed by atoms with Gasteiger partial charge in [0.2, 0.25) is 0 Å². The molecule has 38 heavy (non-hydrogen) atoms. The largest absolute Gasteiger partial charge is 0.493 e. The van der Waals surface area contributed by atoms with Crippen molar-refractivity contribution in [1.82, 2.24) is 4.90 Å². The summed E-state index contributed by atoms with van der Waals surface area (Å²) in [5.41, 5.74) is 2.62. The minimum Gasteiger partial charge on any atom is -0.493 e. The number of nitrogens with zero attached hydrogens (tertiary/aromatic N) is 2. The number of esters is 1. The lowest BCUT2D eigenvalue weighted by Gasteiger charge is -2.12. The van der Waals surface area contributed by atoms with Crippen molar-refractivity contribution in [2.24, 2.45) is 4.99 Å². The average Bonchev–Trinajstić information content (AvgIpc) is 3.16. The fourth-order valence-corrected chi connectivity index (χ4v) is 4.94. The highest BCUT2D eigenvalue weighted by molar-refractivity contribution is 8.18. The number of aliphatic imine (C=N–C) groups is 1. The molecule has 10 heteroatoms. The van der Waals surface area contributed by atoms with E-state index in [0.29, 0.717) is 49.5 Å². The quantitative estimate of drug-likeness (QED) is 0.214. The molecule has 0 unspecified atom stereocenters. The highest BCUT2D eigenvalue weighted by Gasteiger charge is 2.30. The number of ether oxygens (including phenoxy) is 3. The molecule has 0 aliphatic carbocycles. The Labute approximate surface area is 235 Å². The van der Waals surface area contributed by atoms with E-state index in [-0.39, 0.29) is 18.5 Å². The Morgan fingerprint density at radius 3 is 2.50 bits per heavy atom. The third kappa shape index (κ3) is 6.51. The number of halogens is 2. The monoisotopic (exact) mass is 570 g/mol. The van der Waals surface area contributed by atoms with Gasteiger partial charge in [-0.05, 0) is 78.9 Å². The van der Waals surface area contributed by atoms with E-state index in [2.05, 4.69) is 4.99 Å². The number of rotatable bonds is 8. The van der Waals surface area contributed by atoms with Gasteiger partial charge >= 0.3 is 5.97 Å². The molecule has 0 aromatic heterocycles. The van der Waals surface area contributed by atoms with Crippen molar-refractivity contribution in [2.75, 3.05) is 20.8 Å². The van der Waals surface area contributed by atoms with E-state index in [0.717, 1.165) is 11.1 Å². The van der Waals surface area contributed by atoms with Gasteiger partial charge in [0, 0.05) is 22.7 Å². The third-order valence-corrected chi connectivity index (χ3v) is 7.14. The van der Waals surface area contributed by atoms with Crippen LogP contribution in [0.25, 0.3) is 6.08 Å². The van der Waals surface area contributed by atoms with Gasteiger partial charge in [-0.2, -0.15) is 0 Å². The molecule has 1 amide bonds. The fourth-order valence-electron chi connectivity index (χ4n) is 3.49. The summed E-state index contributed by atoms with van der Waals surface area (Å²) in [6.07, 6.45) is 1.78. The van der Waals surface area contributed by atoms with E-state index in [9.17, 15) is 9.59 Å². The molecule has 1 heterocycles. The minimum absolute atomic E-state index is 0.173. The van der Waals surface area contributed by atoms with Gasteiger partial charge in [-0.3, -0.25) is 9.69 Å². The Kier molecular flexibility index (Phi) is 8.99. The average molecular weight is 571 g/mol. The summed E-state index contributed by atoms with van der Waals surface area (Å²) in [6.45, 7) is 2.30. The van der Waals surface area contributed by atoms with Crippen molar-refractivity contribution in [2.45, 2.75) is 13.5 Å². The van der Waals surface area contributed by atoms with Crippen molar-refractivity contribution in [3.63, 3.8) is 0 Å². The number of amides is 1. The van der Waals surface area contributed by atoms with E-state index >= 15 is 0 Å². The molecule has 196 valence electrons. The second-order valence-electron chi connectivity index (χ2n) is 8.07. The molecule has 0 radical (unpaired) electrons. The summed E-state index contributed by atoms with van der Waals surface area (Å²) in [5.74, 6) is 0.495. The van der Waals surface area contributed by atoms with Gasteiger partial charge in [0.05, 0.1) is 29.9 Å². The number of carbonyl (C=O) groups excluding carboxylic acids is 2. The first kappa shape index (κ1) is 27.6. The normalized spacial score (nSPS) is 15.3. The number of likely N-dealkylation sites (N-methyl/N-ethyl adjacent to an activating group) is 1. The van der Waals surface area contributed by atoms with Crippen molar-refractivity contribution < 1.29 is 23.8 Å². The number of methoxy groups -OCH3 is 1. The number of hydrogen-bond donors (Lipinski definition) is 0. The third-order valence-electron chi connectivity index (χ3n) is 5.49. The van der Waals surface area contributed by atoms with E-state index in [1.165, 1.54) is 16.7 Å². The highest BCUT2D eigenvalue weighted by Crippen LogP contribution is 2.35. The van der Waals surface area contributed by atoms with Gasteiger partial charge < -0.3 is 14.2 Å². The van der Waals surface area contributed by atoms with Gasteiger partial charge in [0.1, 0.15) is 6.61 Å². The van der Waals surface area contributed by atoms with Crippen LogP contribution in [0.2, 0.25) is 10.0 Å². The second kappa shape index (κ2) is 12.4. The molecule has 0 N–H and O–H groups in total. The summed E-state index contributed by atoms with van der Waals surface area (Å²) in [6, 6.07) is 17.3. The number of carbonyl (C=O) groups is 2. The van der Waals surface area contributed by atoms with Gasteiger partial charge in [-0.15, -0.1) is 0 Å². The lowest BCUT2D eigenvalue weighted by Crippen LogP contribution is -2.23. The molecular formula is C28H24Cl2N2O5S. The van der Waals surface area contributed by atoms with Crippen molar-refractivity contribution in [3.8, 4) is 11.5 Å². The number of thioether (sulfide) groups is 1. The SMILES string of the molecule is CCOC(=O)c1ccc(N=C2S/C(=C\c3ccc(OCc4ccc(Cl)cc4Cl)c(OC)c3)C(=O)N2C)cc1. The molecule has 0 atom stereocenters. The summed E-state index contributed by atoms with van der Waals surface area (Å²) >= 11 is 13.5. The Morgan fingerprint density at radius 2 is 1.82 bits per heavy atom. The standard InChI is InChI=1S/C28H24Cl2N2O5S/c1-4-36-27(34)18-7-10-21(11-8-18)31-28-32(2)26(33)25(38-28)14-17-5-12-23(24(13-17)35-3)37-16-19-6-9-20(29)15-22(19)30/h5-15H,4,16H2,1-3H3/b25-14-,31-28?. The molecule has 0 spiro atoms. The maximum absolute atomic E-state index is 12.9. The molecule has 7 nitrogen and oxygen atoms in total. The Bertz CT molecular complexity index is 1420. The Hall–Kier alpha value is -3.46. The first-order chi connectivity index (χ1) is 18.3. The van der Waals surface area contributed by atoms with Crippen molar-refractivity contribution in [1.29, 1.82) is 0 Å². The molecule has 3 aromatic carbocycles. The summed E-state index contributed by atoms with van der Waals surface area (Å²) in [4.78, 5) is 31.3. The zero-order chi connectivity index (χ0) is 27.2. The van der Waals surface area contributed by atoms with Gasteiger partial charge in [0.25, 0.3) is 5.91 Å².